The molecular weight excluding hydrogens is 318 g/mol. The molecule has 0 amide bonds. The maximum atomic E-state index is 9.20. The number of aromatic nitrogens is 2. The minimum absolute atomic E-state index is 0.0927. The Balaban J connectivity index is 1.98. The van der Waals surface area contributed by atoms with Crippen molar-refractivity contribution in [1.29, 1.82) is 10.5 Å². The fraction of sp³-hybridized carbons (Fsp3) is 0.294. The molecule has 2 aromatic heterocycles. The minimum atomic E-state index is 0.0927. The third-order valence-corrected chi connectivity index (χ3v) is 4.16. The largest absolute Gasteiger partial charge is 0.494 e. The molecule has 8 heteroatoms. The van der Waals surface area contributed by atoms with Crippen molar-refractivity contribution in [2.24, 2.45) is 10.7 Å². The van der Waals surface area contributed by atoms with Crippen LogP contribution in [0.1, 0.15) is 18.1 Å². The van der Waals surface area contributed by atoms with Crippen LogP contribution in [0.25, 0.3) is 11.1 Å². The van der Waals surface area contributed by atoms with E-state index < -0.39 is 0 Å². The van der Waals surface area contributed by atoms with Gasteiger partial charge in [-0.1, -0.05) is 0 Å². The molecule has 3 rings (SSSR count). The van der Waals surface area contributed by atoms with E-state index in [1.807, 2.05) is 13.0 Å². The molecule has 0 unspecified atom stereocenters. The van der Waals surface area contributed by atoms with Crippen LogP contribution in [0.3, 0.4) is 0 Å². The number of aliphatic imine (C=N–C) groups is 1. The standard InChI is InChI=1S/C17H17N7O/c1-11(22-14-8-23(9-14)10-20)15(5-19)12-3-16(25-2)17-13(4-18)6-21-24(17)7-12/h3,5-7,14H,8-9,19H2,1-2H3/b15-5+,22-11?. The maximum Gasteiger partial charge on any atom is 0.179 e. The van der Waals surface area contributed by atoms with Gasteiger partial charge >= 0.3 is 0 Å². The van der Waals surface area contributed by atoms with Gasteiger partial charge < -0.3 is 15.4 Å². The zero-order chi connectivity index (χ0) is 18.0. The summed E-state index contributed by atoms with van der Waals surface area (Å²) in [6.45, 7) is 3.13. The highest BCUT2D eigenvalue weighted by atomic mass is 16.5. The zero-order valence-electron chi connectivity index (χ0n) is 14.0. The van der Waals surface area contributed by atoms with Crippen LogP contribution in [-0.2, 0) is 0 Å². The van der Waals surface area contributed by atoms with E-state index >= 15 is 0 Å². The summed E-state index contributed by atoms with van der Waals surface area (Å²) in [5, 5.41) is 22.2. The van der Waals surface area contributed by atoms with Crippen molar-refractivity contribution in [1.82, 2.24) is 14.5 Å². The van der Waals surface area contributed by atoms with E-state index in [0.29, 0.717) is 29.9 Å². The Labute approximate surface area is 145 Å². The first-order valence-electron chi connectivity index (χ1n) is 7.68. The lowest BCUT2D eigenvalue weighted by atomic mass is 10.0. The molecule has 8 nitrogen and oxygen atoms in total. The van der Waals surface area contributed by atoms with Gasteiger partial charge in [-0.3, -0.25) is 4.99 Å². The van der Waals surface area contributed by atoms with Crippen molar-refractivity contribution in [2.75, 3.05) is 20.2 Å². The smallest absolute Gasteiger partial charge is 0.179 e. The van der Waals surface area contributed by atoms with Gasteiger partial charge in [0.1, 0.15) is 22.9 Å². The number of likely N-dealkylation sites (tertiary alicyclic amines) is 1. The van der Waals surface area contributed by atoms with Gasteiger partial charge in [-0.05, 0) is 13.0 Å². The minimum Gasteiger partial charge on any atom is -0.494 e. The number of ether oxygens (including phenoxy) is 1. The molecule has 1 fully saturated rings. The van der Waals surface area contributed by atoms with Crippen molar-refractivity contribution in [2.45, 2.75) is 13.0 Å². The number of nitrogens with two attached hydrogens (primary N) is 1. The lowest BCUT2D eigenvalue weighted by Gasteiger charge is -2.32. The summed E-state index contributed by atoms with van der Waals surface area (Å²) < 4.78 is 7.02. The van der Waals surface area contributed by atoms with Crippen LogP contribution < -0.4 is 10.5 Å². The number of hydrogen-bond acceptors (Lipinski definition) is 7. The molecule has 2 N–H and O–H groups in total. The van der Waals surface area contributed by atoms with Crippen LogP contribution in [0.5, 0.6) is 5.75 Å². The first kappa shape index (κ1) is 16.3. The first-order chi connectivity index (χ1) is 12.1. The van der Waals surface area contributed by atoms with Gasteiger partial charge in [-0.25, -0.2) is 4.52 Å². The number of hydrogen-bond donors (Lipinski definition) is 1. The molecule has 0 saturated carbocycles. The van der Waals surface area contributed by atoms with Crippen LogP contribution in [0.4, 0.5) is 0 Å². The normalized spacial score (nSPS) is 15.6. The van der Waals surface area contributed by atoms with Crippen LogP contribution in [0.2, 0.25) is 0 Å². The number of nitriles is 2. The summed E-state index contributed by atoms with van der Waals surface area (Å²) in [5.74, 6) is 0.540. The highest BCUT2D eigenvalue weighted by Crippen LogP contribution is 2.28. The molecule has 0 atom stereocenters. The molecule has 0 spiro atoms. The fourth-order valence-electron chi connectivity index (χ4n) is 2.86. The fourth-order valence-corrected chi connectivity index (χ4v) is 2.86. The molecule has 0 aliphatic carbocycles. The van der Waals surface area contributed by atoms with Gasteiger partial charge in [0.2, 0.25) is 0 Å². The summed E-state index contributed by atoms with van der Waals surface area (Å²) in [6, 6.07) is 4.01. The van der Waals surface area contributed by atoms with Crippen molar-refractivity contribution in [3.63, 3.8) is 0 Å². The summed E-state index contributed by atoms with van der Waals surface area (Å²) in [5.41, 5.74) is 9.21. The Morgan fingerprint density at radius 1 is 1.48 bits per heavy atom. The number of allylic oxidation sites excluding steroid dienone is 1. The van der Waals surface area contributed by atoms with Crippen LogP contribution in [-0.4, -0.2) is 46.5 Å². The van der Waals surface area contributed by atoms with E-state index in [0.717, 1.165) is 16.8 Å². The summed E-state index contributed by atoms with van der Waals surface area (Å²) >= 11 is 0. The Hall–Kier alpha value is -3.52. The van der Waals surface area contributed by atoms with Crippen molar-refractivity contribution in [3.8, 4) is 18.0 Å². The predicted molar refractivity (Wildman–Crippen MR) is 92.7 cm³/mol. The van der Waals surface area contributed by atoms with Gasteiger partial charge in [0, 0.05) is 29.2 Å². The second-order valence-electron chi connectivity index (χ2n) is 5.71. The monoisotopic (exact) mass is 335 g/mol. The molecule has 1 saturated heterocycles. The zero-order valence-corrected chi connectivity index (χ0v) is 14.0. The molecular formula is C17H17N7O. The van der Waals surface area contributed by atoms with Gasteiger partial charge in [-0.2, -0.15) is 15.6 Å². The third kappa shape index (κ3) is 2.86. The first-order valence-corrected chi connectivity index (χ1v) is 7.68. The van der Waals surface area contributed by atoms with E-state index in [4.69, 9.17) is 15.7 Å². The average molecular weight is 335 g/mol. The molecule has 25 heavy (non-hydrogen) atoms. The second kappa shape index (κ2) is 6.54. The topological polar surface area (TPSA) is 116 Å². The summed E-state index contributed by atoms with van der Waals surface area (Å²) in [7, 11) is 1.55. The third-order valence-electron chi connectivity index (χ3n) is 4.16. The highest BCUT2D eigenvalue weighted by Gasteiger charge is 2.25. The van der Waals surface area contributed by atoms with Gasteiger partial charge in [0.05, 0.1) is 32.4 Å². The van der Waals surface area contributed by atoms with E-state index in [9.17, 15) is 5.26 Å². The van der Waals surface area contributed by atoms with Gasteiger partial charge in [0.25, 0.3) is 0 Å². The van der Waals surface area contributed by atoms with Crippen molar-refractivity contribution in [3.05, 3.63) is 35.8 Å². The maximum absolute atomic E-state index is 9.20. The Morgan fingerprint density at radius 3 is 2.84 bits per heavy atom. The molecule has 3 heterocycles. The van der Waals surface area contributed by atoms with Crippen molar-refractivity contribution < 1.29 is 4.74 Å². The number of nitrogens with zero attached hydrogens (tertiary/aromatic N) is 6. The second-order valence-corrected chi connectivity index (χ2v) is 5.71. The van der Waals surface area contributed by atoms with Crippen molar-refractivity contribution >= 4 is 16.8 Å². The molecule has 0 bridgehead atoms. The number of pyridine rings is 1. The van der Waals surface area contributed by atoms with Crippen LogP contribution in [0.15, 0.2) is 29.7 Å². The van der Waals surface area contributed by atoms with E-state index in [1.54, 1.807) is 22.7 Å². The van der Waals surface area contributed by atoms with Crippen LogP contribution in [0, 0.1) is 22.8 Å². The SMILES string of the molecule is COc1cc(/C(=C/N)C(C)=NC2CN(C#N)C2)cn2ncc(C#N)c12. The van der Waals surface area contributed by atoms with Gasteiger partial charge in [-0.15, -0.1) is 0 Å². The molecule has 0 aromatic carbocycles. The van der Waals surface area contributed by atoms with E-state index in [2.05, 4.69) is 22.4 Å². The molecule has 126 valence electrons. The van der Waals surface area contributed by atoms with Gasteiger partial charge in [0.15, 0.2) is 6.19 Å². The van der Waals surface area contributed by atoms with Crippen LogP contribution >= 0.6 is 0 Å². The molecule has 1 aliphatic heterocycles. The highest BCUT2D eigenvalue weighted by molar-refractivity contribution is 6.22. The molecule has 0 radical (unpaired) electrons. The van der Waals surface area contributed by atoms with E-state index in [-0.39, 0.29) is 6.04 Å². The lowest BCUT2D eigenvalue weighted by Crippen LogP contribution is -2.46. The molecule has 1 aliphatic rings. The Morgan fingerprint density at radius 2 is 2.24 bits per heavy atom. The number of methoxy groups -OCH3 is 1. The lowest BCUT2D eigenvalue weighted by molar-refractivity contribution is 0.236. The Kier molecular flexibility index (Phi) is 4.27. The predicted octanol–water partition coefficient (Wildman–Crippen LogP) is 1.14. The number of fused-ring (bicyclic) bond motifs is 1. The summed E-state index contributed by atoms with van der Waals surface area (Å²) in [6.07, 6.45) is 6.88. The Bertz CT molecular complexity index is 952. The quantitative estimate of drug-likeness (QED) is 0.661. The van der Waals surface area contributed by atoms with E-state index in [1.165, 1.54) is 12.4 Å². The molecule has 2 aromatic rings. The number of rotatable bonds is 4. The summed E-state index contributed by atoms with van der Waals surface area (Å²) in [4.78, 5) is 6.29. The average Bonchev–Trinajstić information content (AvgIpc) is 3.00.